The van der Waals surface area contributed by atoms with Gasteiger partial charge in [-0.3, -0.25) is 4.79 Å². The molecule has 0 amide bonds. The molecule has 1 aliphatic rings. The second kappa shape index (κ2) is 8.56. The Morgan fingerprint density at radius 2 is 1.87 bits per heavy atom. The van der Waals surface area contributed by atoms with E-state index in [1.165, 1.54) is 30.4 Å². The van der Waals surface area contributed by atoms with Gasteiger partial charge >= 0.3 is 5.97 Å². The molecule has 2 aromatic carbocycles. The summed E-state index contributed by atoms with van der Waals surface area (Å²) < 4.78 is 21.4. The fourth-order valence-electron chi connectivity index (χ4n) is 3.46. The molecule has 0 spiro atoms. The zero-order valence-corrected chi connectivity index (χ0v) is 16.5. The first-order chi connectivity index (χ1) is 14.6. The molecule has 0 bridgehead atoms. The van der Waals surface area contributed by atoms with Crippen LogP contribution in [0, 0.1) is 0 Å². The van der Waals surface area contributed by atoms with E-state index in [4.69, 9.17) is 13.9 Å². The number of esters is 1. The Hall–Kier alpha value is -3.36. The van der Waals surface area contributed by atoms with Crippen LogP contribution >= 0.6 is 0 Å². The maximum Gasteiger partial charge on any atom is 0.337 e. The van der Waals surface area contributed by atoms with Crippen molar-refractivity contribution in [3.8, 4) is 17.2 Å². The van der Waals surface area contributed by atoms with Crippen LogP contribution in [0.4, 0.5) is 0 Å². The van der Waals surface area contributed by atoms with E-state index in [0.717, 1.165) is 13.1 Å². The van der Waals surface area contributed by atoms with Crippen molar-refractivity contribution < 1.29 is 33.4 Å². The minimum absolute atomic E-state index is 0.0173. The maximum absolute atomic E-state index is 12.9. The average molecular weight is 412 g/mol. The van der Waals surface area contributed by atoms with E-state index in [1.54, 1.807) is 24.3 Å². The van der Waals surface area contributed by atoms with E-state index in [0.29, 0.717) is 47.6 Å². The summed E-state index contributed by atoms with van der Waals surface area (Å²) in [6, 6.07) is 9.27. The van der Waals surface area contributed by atoms with Crippen molar-refractivity contribution in [2.75, 3.05) is 33.4 Å². The fraction of sp³-hybridized carbons (Fsp3) is 0.273. The van der Waals surface area contributed by atoms with E-state index < -0.39 is 5.97 Å². The number of aromatic hydroxyl groups is 1. The normalized spacial score (nSPS) is 14.6. The molecular formula is C22H22NO7+. The van der Waals surface area contributed by atoms with Gasteiger partial charge in [-0.15, -0.1) is 0 Å². The number of methoxy groups -OCH3 is 1. The molecule has 1 fully saturated rings. The Morgan fingerprint density at radius 3 is 2.57 bits per heavy atom. The summed E-state index contributed by atoms with van der Waals surface area (Å²) in [5, 5.41) is 10.7. The molecule has 3 aromatic rings. The lowest BCUT2D eigenvalue weighted by molar-refractivity contribution is -0.921. The summed E-state index contributed by atoms with van der Waals surface area (Å²) in [6.07, 6.45) is 1.25. The highest BCUT2D eigenvalue weighted by Gasteiger charge is 2.21. The Bertz CT molecular complexity index is 1110. The van der Waals surface area contributed by atoms with Crippen LogP contribution in [0.3, 0.4) is 0 Å². The van der Waals surface area contributed by atoms with Crippen LogP contribution in [0.2, 0.25) is 0 Å². The van der Waals surface area contributed by atoms with Crippen molar-refractivity contribution in [1.29, 1.82) is 0 Å². The summed E-state index contributed by atoms with van der Waals surface area (Å²) in [5.74, 6) is 0.0351. The number of benzene rings is 2. The number of phenols is 1. The number of hydrogen-bond acceptors (Lipinski definition) is 7. The van der Waals surface area contributed by atoms with Crippen LogP contribution in [0.5, 0.6) is 17.2 Å². The first kappa shape index (κ1) is 19.9. The van der Waals surface area contributed by atoms with Crippen molar-refractivity contribution >= 4 is 16.9 Å². The van der Waals surface area contributed by atoms with Gasteiger partial charge in [0.25, 0.3) is 0 Å². The lowest BCUT2D eigenvalue weighted by Gasteiger charge is -2.24. The zero-order chi connectivity index (χ0) is 21.1. The summed E-state index contributed by atoms with van der Waals surface area (Å²) in [6.45, 7) is 3.51. The van der Waals surface area contributed by atoms with Gasteiger partial charge in [0.15, 0.2) is 5.58 Å². The van der Waals surface area contributed by atoms with Crippen molar-refractivity contribution in [2.24, 2.45) is 0 Å². The Morgan fingerprint density at radius 1 is 1.13 bits per heavy atom. The quantitative estimate of drug-likeness (QED) is 0.613. The average Bonchev–Trinajstić information content (AvgIpc) is 2.78. The van der Waals surface area contributed by atoms with Crippen LogP contribution in [0.25, 0.3) is 11.0 Å². The van der Waals surface area contributed by atoms with Crippen molar-refractivity contribution in [1.82, 2.24) is 0 Å². The van der Waals surface area contributed by atoms with Crippen molar-refractivity contribution in [3.63, 3.8) is 0 Å². The fourth-order valence-corrected chi connectivity index (χ4v) is 3.46. The predicted molar refractivity (Wildman–Crippen MR) is 107 cm³/mol. The van der Waals surface area contributed by atoms with Gasteiger partial charge in [-0.2, -0.15) is 0 Å². The van der Waals surface area contributed by atoms with Crippen LogP contribution in [-0.2, 0) is 16.0 Å². The molecule has 0 saturated carbocycles. The Kier molecular flexibility index (Phi) is 5.69. The van der Waals surface area contributed by atoms with E-state index in [9.17, 15) is 14.7 Å². The second-order valence-corrected chi connectivity index (χ2v) is 7.03. The summed E-state index contributed by atoms with van der Waals surface area (Å²) in [4.78, 5) is 25.7. The van der Waals surface area contributed by atoms with Gasteiger partial charge in [-0.1, -0.05) is 0 Å². The lowest BCUT2D eigenvalue weighted by Crippen LogP contribution is -3.12. The number of carbonyl (C=O) groups excluding carboxylic acids is 1. The number of rotatable bonds is 5. The highest BCUT2D eigenvalue weighted by Crippen LogP contribution is 2.28. The van der Waals surface area contributed by atoms with Crippen molar-refractivity contribution in [3.05, 3.63) is 64.0 Å². The van der Waals surface area contributed by atoms with Crippen LogP contribution < -0.4 is 15.1 Å². The molecule has 0 aliphatic carbocycles. The number of phenolic OH excluding ortho intramolecular Hbond substituents is 1. The predicted octanol–water partition coefficient (Wildman–Crippen LogP) is 1.49. The molecule has 0 atom stereocenters. The second-order valence-electron chi connectivity index (χ2n) is 7.03. The molecule has 4 rings (SSSR count). The number of morpholine rings is 1. The molecule has 1 aromatic heterocycles. The minimum Gasteiger partial charge on any atom is -0.507 e. The Labute approximate surface area is 172 Å². The highest BCUT2D eigenvalue weighted by atomic mass is 16.5. The van der Waals surface area contributed by atoms with Gasteiger partial charge in [0.2, 0.25) is 11.2 Å². The molecule has 156 valence electrons. The summed E-state index contributed by atoms with van der Waals surface area (Å²) in [7, 11) is 1.31. The standard InChI is InChI=1S/C22H21NO7/c1-27-22(26)14-2-4-15(5-3-14)30-19-13-29-21-16(20(19)25)6-7-18(24)17(21)12-23-8-10-28-11-9-23/h2-7,13,24H,8-12H2,1H3/p+1. The van der Waals surface area contributed by atoms with E-state index >= 15 is 0 Å². The number of ether oxygens (including phenoxy) is 3. The number of hydrogen-bond donors (Lipinski definition) is 2. The largest absolute Gasteiger partial charge is 0.507 e. The third-order valence-electron chi connectivity index (χ3n) is 5.12. The maximum atomic E-state index is 12.9. The first-order valence-electron chi connectivity index (χ1n) is 9.60. The van der Waals surface area contributed by atoms with Gasteiger partial charge in [0, 0.05) is 0 Å². The highest BCUT2D eigenvalue weighted by molar-refractivity contribution is 5.89. The zero-order valence-electron chi connectivity index (χ0n) is 16.5. The number of carbonyl (C=O) groups is 1. The Balaban J connectivity index is 1.63. The number of nitrogens with one attached hydrogen (secondary N) is 1. The van der Waals surface area contributed by atoms with E-state index in [1.807, 2.05) is 0 Å². The van der Waals surface area contributed by atoms with Gasteiger partial charge < -0.3 is 28.6 Å². The number of quaternary nitrogens is 1. The molecule has 0 radical (unpaired) electrons. The number of fused-ring (bicyclic) bond motifs is 1. The summed E-state index contributed by atoms with van der Waals surface area (Å²) in [5.41, 5.74) is 0.982. The van der Waals surface area contributed by atoms with Crippen LogP contribution in [-0.4, -0.2) is 44.5 Å². The lowest BCUT2D eigenvalue weighted by atomic mass is 10.1. The van der Waals surface area contributed by atoms with E-state index in [-0.39, 0.29) is 16.9 Å². The van der Waals surface area contributed by atoms with Gasteiger partial charge in [0.05, 0.1) is 36.8 Å². The minimum atomic E-state index is -0.457. The molecule has 1 aliphatic heterocycles. The molecular weight excluding hydrogens is 390 g/mol. The van der Waals surface area contributed by atoms with Gasteiger partial charge in [-0.25, -0.2) is 4.79 Å². The van der Waals surface area contributed by atoms with E-state index in [2.05, 4.69) is 4.74 Å². The smallest absolute Gasteiger partial charge is 0.337 e. The SMILES string of the molecule is COC(=O)c1ccc(Oc2coc3c(C[NH+]4CCOCC4)c(O)ccc3c2=O)cc1. The topological polar surface area (TPSA) is 99.6 Å². The van der Waals surface area contributed by atoms with Crippen LogP contribution in [0.15, 0.2) is 51.9 Å². The molecule has 30 heavy (non-hydrogen) atoms. The molecule has 2 heterocycles. The van der Waals surface area contributed by atoms with Gasteiger partial charge in [-0.05, 0) is 36.4 Å². The molecule has 1 saturated heterocycles. The monoisotopic (exact) mass is 412 g/mol. The third-order valence-corrected chi connectivity index (χ3v) is 5.12. The molecule has 0 unspecified atom stereocenters. The summed E-state index contributed by atoms with van der Waals surface area (Å²) >= 11 is 0. The van der Waals surface area contributed by atoms with Crippen LogP contribution in [0.1, 0.15) is 15.9 Å². The third kappa shape index (κ3) is 4.00. The van der Waals surface area contributed by atoms with Gasteiger partial charge in [0.1, 0.15) is 37.4 Å². The first-order valence-corrected chi connectivity index (χ1v) is 9.60. The van der Waals surface area contributed by atoms with Crippen molar-refractivity contribution in [2.45, 2.75) is 6.54 Å². The molecule has 8 heteroatoms. The molecule has 8 nitrogen and oxygen atoms in total. The molecule has 2 N–H and O–H groups in total.